The summed E-state index contributed by atoms with van der Waals surface area (Å²) < 4.78 is 5.12. The number of aliphatic hydroxyl groups excluding tert-OH is 1. The Hall–Kier alpha value is -0.220. The number of aliphatic hydroxyl groups is 1. The zero-order valence-electron chi connectivity index (χ0n) is 8.65. The van der Waals surface area contributed by atoms with Gasteiger partial charge in [-0.15, -0.1) is 11.8 Å². The number of rotatable bonds is 6. The molecule has 1 aromatic rings. The number of hydrogen-bond donors (Lipinski definition) is 1. The maximum atomic E-state index is 9.52. The summed E-state index contributed by atoms with van der Waals surface area (Å²) in [6, 6.07) is 7.58. The van der Waals surface area contributed by atoms with E-state index in [0.29, 0.717) is 19.0 Å². The average Bonchev–Trinajstić information content (AvgIpc) is 2.25. The van der Waals surface area contributed by atoms with Gasteiger partial charge in [-0.25, -0.2) is 0 Å². The molecule has 0 aromatic heterocycles. The molecule has 0 saturated heterocycles. The molecule has 1 aromatic carbocycles. The number of ether oxygens (including phenoxy) is 1. The minimum atomic E-state index is -0.411. The molecule has 0 aliphatic heterocycles. The Morgan fingerprint density at radius 1 is 1.40 bits per heavy atom. The van der Waals surface area contributed by atoms with E-state index in [-0.39, 0.29) is 0 Å². The Morgan fingerprint density at radius 2 is 2.07 bits per heavy atom. The van der Waals surface area contributed by atoms with Crippen molar-refractivity contribution in [2.75, 3.05) is 19.0 Å². The van der Waals surface area contributed by atoms with Crippen molar-refractivity contribution < 1.29 is 9.84 Å². The first-order valence-corrected chi connectivity index (χ1v) is 6.23. The highest BCUT2D eigenvalue weighted by atomic mass is 35.5. The first-order valence-electron chi connectivity index (χ1n) is 4.86. The van der Waals surface area contributed by atoms with E-state index >= 15 is 0 Å². The molecule has 1 unspecified atom stereocenters. The lowest BCUT2D eigenvalue weighted by Gasteiger charge is -2.09. The van der Waals surface area contributed by atoms with Crippen LogP contribution in [0.25, 0.3) is 0 Å². The summed E-state index contributed by atoms with van der Waals surface area (Å²) in [6.45, 7) is 2.96. The number of benzene rings is 1. The summed E-state index contributed by atoms with van der Waals surface area (Å²) in [5.74, 6) is 0.641. The van der Waals surface area contributed by atoms with Crippen LogP contribution >= 0.6 is 23.4 Å². The average molecular weight is 247 g/mol. The summed E-state index contributed by atoms with van der Waals surface area (Å²) in [5.41, 5.74) is 0. The van der Waals surface area contributed by atoms with E-state index < -0.39 is 6.10 Å². The van der Waals surface area contributed by atoms with E-state index in [1.54, 1.807) is 11.8 Å². The van der Waals surface area contributed by atoms with Gasteiger partial charge in [-0.1, -0.05) is 11.6 Å². The third-order valence-electron chi connectivity index (χ3n) is 1.77. The van der Waals surface area contributed by atoms with Crippen molar-refractivity contribution in [2.24, 2.45) is 0 Å². The van der Waals surface area contributed by atoms with Crippen molar-refractivity contribution in [1.82, 2.24) is 0 Å². The van der Waals surface area contributed by atoms with Crippen molar-refractivity contribution in [3.63, 3.8) is 0 Å². The van der Waals surface area contributed by atoms with Crippen LogP contribution in [0.2, 0.25) is 5.02 Å². The molecule has 0 spiro atoms. The molecule has 0 bridgehead atoms. The molecule has 1 N–H and O–H groups in total. The van der Waals surface area contributed by atoms with Gasteiger partial charge in [-0.05, 0) is 31.2 Å². The first kappa shape index (κ1) is 12.8. The van der Waals surface area contributed by atoms with Crippen LogP contribution < -0.4 is 0 Å². The second-order valence-corrected chi connectivity index (χ2v) is 4.61. The van der Waals surface area contributed by atoms with Gasteiger partial charge in [0.25, 0.3) is 0 Å². The number of thioether (sulfide) groups is 1. The van der Waals surface area contributed by atoms with Crippen LogP contribution in [-0.4, -0.2) is 30.2 Å². The zero-order chi connectivity index (χ0) is 11.1. The summed E-state index contributed by atoms with van der Waals surface area (Å²) in [6.07, 6.45) is -0.411. The van der Waals surface area contributed by atoms with Crippen LogP contribution in [0.5, 0.6) is 0 Å². The van der Waals surface area contributed by atoms with Gasteiger partial charge in [0.15, 0.2) is 0 Å². The molecule has 0 aliphatic carbocycles. The van der Waals surface area contributed by atoms with Crippen LogP contribution in [-0.2, 0) is 4.74 Å². The molecule has 0 heterocycles. The first-order chi connectivity index (χ1) is 7.22. The van der Waals surface area contributed by atoms with Gasteiger partial charge in [0.1, 0.15) is 0 Å². The lowest BCUT2D eigenvalue weighted by molar-refractivity contribution is 0.0551. The monoisotopic (exact) mass is 246 g/mol. The number of halogens is 1. The highest BCUT2D eigenvalue weighted by Crippen LogP contribution is 2.20. The van der Waals surface area contributed by atoms with Crippen molar-refractivity contribution in [1.29, 1.82) is 0 Å². The Kier molecular flexibility index (Phi) is 6.10. The maximum absolute atomic E-state index is 9.52. The molecule has 0 radical (unpaired) electrons. The molecular formula is C11H15ClO2S. The fraction of sp³-hybridized carbons (Fsp3) is 0.455. The fourth-order valence-corrected chi connectivity index (χ4v) is 1.96. The van der Waals surface area contributed by atoms with E-state index in [1.165, 1.54) is 0 Å². The highest BCUT2D eigenvalue weighted by Gasteiger charge is 2.04. The summed E-state index contributed by atoms with van der Waals surface area (Å²) in [5, 5.41) is 10.3. The molecular weight excluding hydrogens is 232 g/mol. The highest BCUT2D eigenvalue weighted by molar-refractivity contribution is 7.99. The van der Waals surface area contributed by atoms with E-state index in [2.05, 4.69) is 0 Å². The predicted molar refractivity (Wildman–Crippen MR) is 64.7 cm³/mol. The summed E-state index contributed by atoms with van der Waals surface area (Å²) >= 11 is 7.36. The quantitative estimate of drug-likeness (QED) is 0.783. The van der Waals surface area contributed by atoms with Crippen LogP contribution in [0.1, 0.15) is 6.92 Å². The number of hydrogen-bond acceptors (Lipinski definition) is 3. The Bertz CT molecular complexity index is 276. The molecule has 15 heavy (non-hydrogen) atoms. The Labute approximate surface area is 99.6 Å². The minimum absolute atomic E-state index is 0.400. The molecule has 0 aliphatic rings. The van der Waals surface area contributed by atoms with Gasteiger partial charge in [-0.2, -0.15) is 0 Å². The van der Waals surface area contributed by atoms with Crippen LogP contribution in [0.15, 0.2) is 29.2 Å². The molecule has 84 valence electrons. The molecule has 0 saturated carbocycles. The second kappa shape index (κ2) is 7.12. The third-order valence-corrected chi connectivity index (χ3v) is 3.18. The van der Waals surface area contributed by atoms with E-state index in [0.717, 1.165) is 9.92 Å². The van der Waals surface area contributed by atoms with Gasteiger partial charge >= 0.3 is 0 Å². The van der Waals surface area contributed by atoms with Gasteiger partial charge < -0.3 is 9.84 Å². The van der Waals surface area contributed by atoms with Gasteiger partial charge in [0.05, 0.1) is 12.7 Å². The van der Waals surface area contributed by atoms with Gasteiger partial charge in [0, 0.05) is 22.3 Å². The normalized spacial score (nSPS) is 12.7. The van der Waals surface area contributed by atoms with Crippen molar-refractivity contribution in [2.45, 2.75) is 17.9 Å². The summed E-state index contributed by atoms with van der Waals surface area (Å²) in [4.78, 5) is 1.11. The van der Waals surface area contributed by atoms with Crippen LogP contribution in [0.4, 0.5) is 0 Å². The second-order valence-electron chi connectivity index (χ2n) is 3.08. The Morgan fingerprint density at radius 3 is 2.67 bits per heavy atom. The summed E-state index contributed by atoms with van der Waals surface area (Å²) in [7, 11) is 0. The zero-order valence-corrected chi connectivity index (χ0v) is 10.2. The molecule has 4 heteroatoms. The van der Waals surface area contributed by atoms with E-state index in [1.807, 2.05) is 31.2 Å². The van der Waals surface area contributed by atoms with Crippen molar-refractivity contribution in [3.05, 3.63) is 29.3 Å². The predicted octanol–water partition coefficient (Wildman–Crippen LogP) is 2.83. The van der Waals surface area contributed by atoms with Gasteiger partial charge in [0.2, 0.25) is 0 Å². The van der Waals surface area contributed by atoms with Crippen LogP contribution in [0.3, 0.4) is 0 Å². The lowest BCUT2D eigenvalue weighted by atomic mass is 10.4. The SMILES string of the molecule is CCOCC(O)CSc1ccc(Cl)cc1. The standard InChI is InChI=1S/C11H15ClO2S/c1-2-14-7-10(13)8-15-11-5-3-9(12)4-6-11/h3-6,10,13H,2,7-8H2,1H3. The molecule has 0 amide bonds. The van der Waals surface area contributed by atoms with Crippen molar-refractivity contribution >= 4 is 23.4 Å². The minimum Gasteiger partial charge on any atom is -0.390 e. The topological polar surface area (TPSA) is 29.5 Å². The van der Waals surface area contributed by atoms with Gasteiger partial charge in [-0.3, -0.25) is 0 Å². The smallest absolute Gasteiger partial charge is 0.0867 e. The van der Waals surface area contributed by atoms with E-state index in [4.69, 9.17) is 16.3 Å². The van der Waals surface area contributed by atoms with Crippen LogP contribution in [0, 0.1) is 0 Å². The van der Waals surface area contributed by atoms with Crippen molar-refractivity contribution in [3.8, 4) is 0 Å². The Balaban J connectivity index is 2.27. The largest absolute Gasteiger partial charge is 0.390 e. The molecule has 1 atom stereocenters. The van der Waals surface area contributed by atoms with E-state index in [9.17, 15) is 5.11 Å². The lowest BCUT2D eigenvalue weighted by Crippen LogP contribution is -2.17. The fourth-order valence-electron chi connectivity index (χ4n) is 1.03. The molecule has 2 nitrogen and oxygen atoms in total. The maximum Gasteiger partial charge on any atom is 0.0867 e. The molecule has 1 rings (SSSR count). The molecule has 0 fully saturated rings. The third kappa shape index (κ3) is 5.42.